The van der Waals surface area contributed by atoms with Crippen LogP contribution >= 0.6 is 0 Å². The van der Waals surface area contributed by atoms with Crippen molar-refractivity contribution < 1.29 is 27.8 Å². The van der Waals surface area contributed by atoms with E-state index in [4.69, 9.17) is 9.47 Å². The molecular weight excluding hydrogens is 550 g/mol. The lowest BCUT2D eigenvalue weighted by atomic mass is 10.2. The van der Waals surface area contributed by atoms with Crippen LogP contribution in [0.15, 0.2) is 65.6 Å². The highest BCUT2D eigenvalue weighted by atomic mass is 19.1. The predicted octanol–water partition coefficient (Wildman–Crippen LogP) is 4.83. The number of nitrogens with one attached hydrogen (secondary N) is 3. The summed E-state index contributed by atoms with van der Waals surface area (Å²) in [6.45, 7) is 5.10. The largest absolute Gasteiger partial charge is 0.454 e. The molecule has 2 aromatic heterocycles. The van der Waals surface area contributed by atoms with Crippen LogP contribution in [-0.2, 0) is 4.74 Å². The number of amides is 3. The van der Waals surface area contributed by atoms with Gasteiger partial charge in [-0.05, 0) is 62.7 Å². The van der Waals surface area contributed by atoms with E-state index in [-0.39, 0.29) is 40.8 Å². The van der Waals surface area contributed by atoms with Gasteiger partial charge in [-0.15, -0.1) is 0 Å². The molecule has 0 radical (unpaired) electrons. The maximum Gasteiger partial charge on any atom is 0.330 e. The Hall–Kier alpha value is -5.04. The summed E-state index contributed by atoms with van der Waals surface area (Å²) in [5.74, 6) is -1.54. The number of hydrogen-bond donors (Lipinski definition) is 3. The third-order valence-corrected chi connectivity index (χ3v) is 6.66. The first kappa shape index (κ1) is 28.5. The molecule has 4 aromatic rings. The summed E-state index contributed by atoms with van der Waals surface area (Å²) in [6.07, 6.45) is 2.19. The monoisotopic (exact) mass is 578 g/mol. The fourth-order valence-corrected chi connectivity index (χ4v) is 4.64. The van der Waals surface area contributed by atoms with Crippen LogP contribution in [0.4, 0.5) is 25.1 Å². The first-order chi connectivity index (χ1) is 20.2. The molecule has 0 aliphatic carbocycles. The number of anilines is 2. The first-order valence-electron chi connectivity index (χ1n) is 13.2. The fourth-order valence-electron chi connectivity index (χ4n) is 4.64. The van der Waals surface area contributed by atoms with Crippen molar-refractivity contribution in [3.05, 3.63) is 94.3 Å². The second-order valence-corrected chi connectivity index (χ2v) is 9.52. The standard InChI is InChI=1S/C29H28F2N6O5/c1-3-41-22-11-13-36(16-22)28(39)34-25-15-21(10-12-32-25)42-24-9-6-19(14-23(24)31)33-27(38)26-17(2)37(29(40)35-26)20-7-4-18(30)5-8-20/h4-10,12,14-15,22H,3,11,13,16H2,1-2H3,(H,33,38)(H,35,40)(H,32,34,39). The number of carbonyl (C=O) groups is 2. The summed E-state index contributed by atoms with van der Waals surface area (Å²) in [5.41, 5.74) is 0.190. The third-order valence-electron chi connectivity index (χ3n) is 6.66. The number of ether oxygens (including phenoxy) is 2. The number of aromatic amines is 1. The highest BCUT2D eigenvalue weighted by molar-refractivity contribution is 6.03. The number of halogens is 2. The Morgan fingerprint density at radius 3 is 2.62 bits per heavy atom. The molecular formula is C29H28F2N6O5. The van der Waals surface area contributed by atoms with Crippen LogP contribution in [0.2, 0.25) is 0 Å². The van der Waals surface area contributed by atoms with E-state index in [2.05, 4.69) is 20.6 Å². The number of hydrogen-bond acceptors (Lipinski definition) is 6. The van der Waals surface area contributed by atoms with Gasteiger partial charge < -0.3 is 24.7 Å². The van der Waals surface area contributed by atoms with Crippen LogP contribution in [0.25, 0.3) is 5.69 Å². The summed E-state index contributed by atoms with van der Waals surface area (Å²) >= 11 is 0. The molecule has 3 heterocycles. The number of carbonyl (C=O) groups excluding carboxylic acids is 2. The second-order valence-electron chi connectivity index (χ2n) is 9.52. The molecule has 5 rings (SSSR count). The zero-order valence-corrected chi connectivity index (χ0v) is 22.8. The highest BCUT2D eigenvalue weighted by Gasteiger charge is 2.27. The average Bonchev–Trinajstić information content (AvgIpc) is 3.55. The molecule has 1 aliphatic rings. The summed E-state index contributed by atoms with van der Waals surface area (Å²) < 4.78 is 40.7. The van der Waals surface area contributed by atoms with Gasteiger partial charge in [-0.2, -0.15) is 0 Å². The predicted molar refractivity (Wildman–Crippen MR) is 150 cm³/mol. The summed E-state index contributed by atoms with van der Waals surface area (Å²) in [7, 11) is 0. The van der Waals surface area contributed by atoms with Crippen LogP contribution in [-0.4, -0.2) is 57.2 Å². The maximum absolute atomic E-state index is 14.9. The minimum atomic E-state index is -0.761. The Morgan fingerprint density at radius 1 is 1.10 bits per heavy atom. The van der Waals surface area contributed by atoms with Crippen LogP contribution in [0.1, 0.15) is 29.5 Å². The molecule has 0 spiro atoms. The SMILES string of the molecule is CCOC1CCN(C(=O)Nc2cc(Oc3ccc(NC(=O)c4[nH]c(=O)n(-c5ccc(F)cc5)c4C)cc3F)ccn2)C1. The minimum absolute atomic E-state index is 0.00731. The van der Waals surface area contributed by atoms with Gasteiger partial charge in [0.1, 0.15) is 23.1 Å². The number of likely N-dealkylation sites (tertiary alicyclic amines) is 1. The number of rotatable bonds is 8. The van der Waals surface area contributed by atoms with Gasteiger partial charge in [-0.25, -0.2) is 23.4 Å². The zero-order chi connectivity index (χ0) is 29.8. The van der Waals surface area contributed by atoms with Crippen molar-refractivity contribution in [3.8, 4) is 17.2 Å². The topological polar surface area (TPSA) is 131 Å². The molecule has 42 heavy (non-hydrogen) atoms. The lowest BCUT2D eigenvalue weighted by Gasteiger charge is -2.17. The van der Waals surface area contributed by atoms with E-state index in [9.17, 15) is 23.2 Å². The normalized spacial score (nSPS) is 14.6. The van der Waals surface area contributed by atoms with Crippen LogP contribution in [0.5, 0.6) is 11.5 Å². The Bertz CT molecular complexity index is 1670. The van der Waals surface area contributed by atoms with Crippen molar-refractivity contribution in [2.24, 2.45) is 0 Å². The molecule has 13 heteroatoms. The quantitative estimate of drug-likeness (QED) is 0.275. The Balaban J connectivity index is 1.23. The minimum Gasteiger partial charge on any atom is -0.454 e. The number of nitrogens with zero attached hydrogens (tertiary/aromatic N) is 3. The van der Waals surface area contributed by atoms with Gasteiger partial charge in [0.2, 0.25) is 0 Å². The molecule has 1 saturated heterocycles. The van der Waals surface area contributed by atoms with Crippen molar-refractivity contribution in [3.63, 3.8) is 0 Å². The van der Waals surface area contributed by atoms with E-state index >= 15 is 0 Å². The Morgan fingerprint density at radius 2 is 1.88 bits per heavy atom. The fraction of sp³-hybridized carbons (Fsp3) is 0.241. The molecule has 1 aliphatic heterocycles. The van der Waals surface area contributed by atoms with Gasteiger partial charge in [-0.1, -0.05) is 0 Å². The van der Waals surface area contributed by atoms with Crippen molar-refractivity contribution in [1.29, 1.82) is 0 Å². The van der Waals surface area contributed by atoms with E-state index in [1.807, 2.05) is 6.92 Å². The van der Waals surface area contributed by atoms with Gasteiger partial charge >= 0.3 is 11.7 Å². The Kier molecular flexibility index (Phi) is 8.29. The van der Waals surface area contributed by atoms with Gasteiger partial charge in [0.15, 0.2) is 11.6 Å². The number of H-pyrrole nitrogens is 1. The van der Waals surface area contributed by atoms with Crippen molar-refractivity contribution >= 4 is 23.4 Å². The molecule has 3 amide bonds. The van der Waals surface area contributed by atoms with E-state index in [1.165, 1.54) is 59.3 Å². The molecule has 0 saturated carbocycles. The molecule has 3 N–H and O–H groups in total. The summed E-state index contributed by atoms with van der Waals surface area (Å²) in [6, 6.07) is 11.7. The number of aromatic nitrogens is 3. The van der Waals surface area contributed by atoms with Crippen LogP contribution < -0.4 is 21.1 Å². The van der Waals surface area contributed by atoms with E-state index in [0.717, 1.165) is 12.5 Å². The lowest BCUT2D eigenvalue weighted by Crippen LogP contribution is -2.34. The molecule has 2 aromatic carbocycles. The first-order valence-corrected chi connectivity index (χ1v) is 13.2. The molecule has 218 valence electrons. The maximum atomic E-state index is 14.9. The van der Waals surface area contributed by atoms with Gasteiger partial charge in [0.25, 0.3) is 5.91 Å². The van der Waals surface area contributed by atoms with Crippen LogP contribution in [0, 0.1) is 18.6 Å². The number of benzene rings is 2. The zero-order valence-electron chi connectivity index (χ0n) is 22.8. The summed E-state index contributed by atoms with van der Waals surface area (Å²) in [4.78, 5) is 46.2. The van der Waals surface area contributed by atoms with Crippen LogP contribution in [0.3, 0.4) is 0 Å². The molecule has 1 unspecified atom stereocenters. The molecule has 11 nitrogen and oxygen atoms in total. The average molecular weight is 579 g/mol. The number of urea groups is 1. The highest BCUT2D eigenvalue weighted by Crippen LogP contribution is 2.28. The van der Waals surface area contributed by atoms with E-state index in [1.54, 1.807) is 11.8 Å². The molecule has 0 bridgehead atoms. The van der Waals surface area contributed by atoms with Gasteiger partial charge in [-0.3, -0.25) is 14.7 Å². The van der Waals surface area contributed by atoms with E-state index < -0.39 is 23.2 Å². The third kappa shape index (κ3) is 6.31. The van der Waals surface area contributed by atoms with E-state index in [0.29, 0.717) is 31.1 Å². The Labute approximate surface area is 239 Å². The van der Waals surface area contributed by atoms with Crippen molar-refractivity contribution in [1.82, 2.24) is 19.4 Å². The molecule has 1 fully saturated rings. The van der Waals surface area contributed by atoms with Gasteiger partial charge in [0.05, 0.1) is 17.5 Å². The summed E-state index contributed by atoms with van der Waals surface area (Å²) in [5, 5.41) is 5.26. The lowest BCUT2D eigenvalue weighted by molar-refractivity contribution is 0.0716. The number of pyridine rings is 1. The van der Waals surface area contributed by atoms with Crippen molar-refractivity contribution in [2.75, 3.05) is 30.3 Å². The smallest absolute Gasteiger partial charge is 0.330 e. The second kappa shape index (κ2) is 12.2. The molecule has 1 atom stereocenters. The van der Waals surface area contributed by atoms with Gasteiger partial charge in [0, 0.05) is 43.7 Å². The number of imidazole rings is 1. The van der Waals surface area contributed by atoms with Crippen molar-refractivity contribution in [2.45, 2.75) is 26.4 Å².